The number of urea groups is 1. The van der Waals surface area contributed by atoms with Gasteiger partial charge in [-0.05, 0) is 37.3 Å². The molecule has 0 unspecified atom stereocenters. The van der Waals surface area contributed by atoms with E-state index in [0.29, 0.717) is 6.04 Å². The average molecular weight is 307 g/mol. The summed E-state index contributed by atoms with van der Waals surface area (Å²) in [5, 5.41) is 3.99. The van der Waals surface area contributed by atoms with E-state index in [1.165, 1.54) is 19.3 Å². The number of rotatable bonds is 2. The van der Waals surface area contributed by atoms with Gasteiger partial charge in [-0.3, -0.25) is 0 Å². The molecule has 3 nitrogen and oxygen atoms in total. The molecule has 0 spiro atoms. The number of halogens is 1. The molecule has 3 rings (SSSR count). The van der Waals surface area contributed by atoms with E-state index in [1.54, 1.807) is 0 Å². The van der Waals surface area contributed by atoms with Crippen LogP contribution in [-0.4, -0.2) is 23.5 Å². The summed E-state index contributed by atoms with van der Waals surface area (Å²) in [6, 6.07) is 8.46. The number of likely N-dealkylation sites (tertiary alicyclic amines) is 1. The van der Waals surface area contributed by atoms with Gasteiger partial charge in [0, 0.05) is 17.6 Å². The highest BCUT2D eigenvalue weighted by Gasteiger charge is 2.32. The molecule has 1 atom stereocenters. The van der Waals surface area contributed by atoms with Crippen molar-refractivity contribution in [3.05, 3.63) is 34.9 Å². The number of hydrogen-bond donors (Lipinski definition) is 1. The molecule has 0 radical (unpaired) electrons. The minimum absolute atomic E-state index is 0.0873. The number of carbonyl (C=O) groups is 1. The zero-order valence-electron chi connectivity index (χ0n) is 12.4. The molecule has 1 aromatic carbocycles. The van der Waals surface area contributed by atoms with Crippen LogP contribution < -0.4 is 5.32 Å². The molecule has 1 saturated carbocycles. The molecule has 1 N–H and O–H groups in total. The molecule has 2 fully saturated rings. The van der Waals surface area contributed by atoms with Crippen LogP contribution in [0.1, 0.15) is 56.6 Å². The van der Waals surface area contributed by atoms with Crippen molar-refractivity contribution in [3.63, 3.8) is 0 Å². The van der Waals surface area contributed by atoms with Gasteiger partial charge in [-0.2, -0.15) is 0 Å². The van der Waals surface area contributed by atoms with Crippen LogP contribution in [0.15, 0.2) is 24.3 Å². The fraction of sp³-hybridized carbons (Fsp3) is 0.588. The van der Waals surface area contributed by atoms with Gasteiger partial charge in [0.2, 0.25) is 0 Å². The molecule has 0 bridgehead atoms. The highest BCUT2D eigenvalue weighted by atomic mass is 35.5. The number of benzene rings is 1. The average Bonchev–Trinajstić information content (AvgIpc) is 2.98. The summed E-state index contributed by atoms with van der Waals surface area (Å²) in [6.07, 6.45) is 8.07. The number of nitrogens with one attached hydrogen (secondary N) is 1. The summed E-state index contributed by atoms with van der Waals surface area (Å²) >= 11 is 6.31. The van der Waals surface area contributed by atoms with Crippen LogP contribution in [0.4, 0.5) is 4.79 Å². The Bertz CT molecular complexity index is 499. The Balaban J connectivity index is 1.68. The van der Waals surface area contributed by atoms with E-state index in [0.717, 1.165) is 42.8 Å². The van der Waals surface area contributed by atoms with Crippen molar-refractivity contribution in [2.24, 2.45) is 0 Å². The highest BCUT2D eigenvalue weighted by Crippen LogP contribution is 2.35. The maximum Gasteiger partial charge on any atom is 0.318 e. The van der Waals surface area contributed by atoms with E-state index in [9.17, 15) is 4.79 Å². The Morgan fingerprint density at radius 1 is 1.10 bits per heavy atom. The second kappa shape index (κ2) is 6.69. The molecule has 114 valence electrons. The standard InChI is InChI=1S/C17H23ClN2O/c18-15-10-5-4-9-14(15)16-11-6-12-20(16)17(21)19-13-7-2-1-3-8-13/h4-5,9-10,13,16H,1-3,6-8,11-12H2,(H,19,21)/t16-/m0/s1. The minimum Gasteiger partial charge on any atom is -0.335 e. The van der Waals surface area contributed by atoms with Crippen molar-refractivity contribution in [2.45, 2.75) is 57.0 Å². The predicted molar refractivity (Wildman–Crippen MR) is 85.5 cm³/mol. The van der Waals surface area contributed by atoms with Crippen LogP contribution in [0.2, 0.25) is 5.02 Å². The third-order valence-electron chi connectivity index (χ3n) is 4.71. The highest BCUT2D eigenvalue weighted by molar-refractivity contribution is 6.31. The van der Waals surface area contributed by atoms with Gasteiger partial charge < -0.3 is 10.2 Å². The SMILES string of the molecule is O=C(NC1CCCCC1)N1CCC[C@H]1c1ccccc1Cl. The molecule has 1 heterocycles. The molecule has 1 saturated heterocycles. The molecule has 1 aromatic rings. The maximum absolute atomic E-state index is 12.6. The molecule has 2 amide bonds. The third kappa shape index (κ3) is 3.34. The van der Waals surface area contributed by atoms with Crippen molar-refractivity contribution in [3.8, 4) is 0 Å². The van der Waals surface area contributed by atoms with Gasteiger partial charge >= 0.3 is 6.03 Å². The van der Waals surface area contributed by atoms with E-state index in [1.807, 2.05) is 29.2 Å². The van der Waals surface area contributed by atoms with Crippen LogP contribution in [0, 0.1) is 0 Å². The van der Waals surface area contributed by atoms with Crippen LogP contribution >= 0.6 is 11.6 Å². The lowest BCUT2D eigenvalue weighted by Crippen LogP contribution is -2.45. The van der Waals surface area contributed by atoms with Crippen molar-refractivity contribution in [2.75, 3.05) is 6.54 Å². The van der Waals surface area contributed by atoms with E-state index in [2.05, 4.69) is 5.32 Å². The molecule has 2 aliphatic rings. The van der Waals surface area contributed by atoms with Crippen molar-refractivity contribution >= 4 is 17.6 Å². The largest absolute Gasteiger partial charge is 0.335 e. The summed E-state index contributed by atoms with van der Waals surface area (Å²) in [5.74, 6) is 0. The Hall–Kier alpha value is -1.22. The third-order valence-corrected chi connectivity index (χ3v) is 5.05. The summed E-state index contributed by atoms with van der Waals surface area (Å²) in [6.45, 7) is 0.828. The summed E-state index contributed by atoms with van der Waals surface area (Å²) in [7, 11) is 0. The smallest absolute Gasteiger partial charge is 0.318 e. The van der Waals surface area contributed by atoms with Crippen molar-refractivity contribution < 1.29 is 4.79 Å². The fourth-order valence-electron chi connectivity index (χ4n) is 3.58. The predicted octanol–water partition coefficient (Wildman–Crippen LogP) is 4.52. The van der Waals surface area contributed by atoms with Crippen molar-refractivity contribution in [1.29, 1.82) is 0 Å². The first kappa shape index (κ1) is 14.7. The number of hydrogen-bond acceptors (Lipinski definition) is 1. The number of nitrogens with zero attached hydrogens (tertiary/aromatic N) is 1. The Kier molecular flexibility index (Phi) is 4.69. The Morgan fingerprint density at radius 3 is 2.62 bits per heavy atom. The van der Waals surface area contributed by atoms with Gasteiger partial charge in [-0.15, -0.1) is 0 Å². The summed E-state index contributed by atoms with van der Waals surface area (Å²) in [5.41, 5.74) is 1.08. The topological polar surface area (TPSA) is 32.3 Å². The van der Waals surface area contributed by atoms with Gasteiger partial charge in [-0.25, -0.2) is 4.79 Å². The first-order chi connectivity index (χ1) is 10.3. The molecule has 1 aliphatic heterocycles. The molecule has 1 aliphatic carbocycles. The molecular weight excluding hydrogens is 284 g/mol. The first-order valence-corrected chi connectivity index (χ1v) is 8.45. The van der Waals surface area contributed by atoms with E-state index < -0.39 is 0 Å². The lowest BCUT2D eigenvalue weighted by atomic mass is 9.96. The van der Waals surface area contributed by atoms with E-state index in [4.69, 9.17) is 11.6 Å². The van der Waals surface area contributed by atoms with Gasteiger partial charge in [0.25, 0.3) is 0 Å². The lowest BCUT2D eigenvalue weighted by molar-refractivity contribution is 0.185. The Labute approximate surface area is 131 Å². The second-order valence-corrected chi connectivity index (χ2v) is 6.56. The zero-order chi connectivity index (χ0) is 14.7. The fourth-order valence-corrected chi connectivity index (χ4v) is 3.84. The second-order valence-electron chi connectivity index (χ2n) is 6.16. The first-order valence-electron chi connectivity index (χ1n) is 8.07. The molecule has 4 heteroatoms. The van der Waals surface area contributed by atoms with E-state index >= 15 is 0 Å². The van der Waals surface area contributed by atoms with E-state index in [-0.39, 0.29) is 12.1 Å². The van der Waals surface area contributed by atoms with Crippen LogP contribution in [-0.2, 0) is 0 Å². The molecular formula is C17H23ClN2O. The monoisotopic (exact) mass is 306 g/mol. The summed E-state index contributed by atoms with van der Waals surface area (Å²) in [4.78, 5) is 14.5. The van der Waals surface area contributed by atoms with Gasteiger partial charge in [-0.1, -0.05) is 49.1 Å². The maximum atomic E-state index is 12.6. The van der Waals surface area contributed by atoms with Crippen LogP contribution in [0.25, 0.3) is 0 Å². The zero-order valence-corrected chi connectivity index (χ0v) is 13.1. The van der Waals surface area contributed by atoms with Crippen molar-refractivity contribution in [1.82, 2.24) is 10.2 Å². The lowest BCUT2D eigenvalue weighted by Gasteiger charge is -2.30. The number of amides is 2. The summed E-state index contributed by atoms with van der Waals surface area (Å²) < 4.78 is 0. The van der Waals surface area contributed by atoms with Crippen LogP contribution in [0.3, 0.4) is 0 Å². The Morgan fingerprint density at radius 2 is 1.86 bits per heavy atom. The molecule has 0 aromatic heterocycles. The van der Waals surface area contributed by atoms with Gasteiger partial charge in [0.05, 0.1) is 6.04 Å². The quantitative estimate of drug-likeness (QED) is 0.856. The van der Waals surface area contributed by atoms with Crippen LogP contribution in [0.5, 0.6) is 0 Å². The normalized spacial score (nSPS) is 23.3. The minimum atomic E-state index is 0.0873. The molecule has 21 heavy (non-hydrogen) atoms. The van der Waals surface area contributed by atoms with Gasteiger partial charge in [0.15, 0.2) is 0 Å². The number of carbonyl (C=O) groups excluding carboxylic acids is 1. The van der Waals surface area contributed by atoms with Gasteiger partial charge in [0.1, 0.15) is 0 Å².